The molecule has 88 valence electrons. The van der Waals surface area contributed by atoms with Crippen LogP contribution in [0, 0.1) is 5.82 Å². The first-order valence-corrected chi connectivity index (χ1v) is 7.17. The van der Waals surface area contributed by atoms with E-state index < -0.39 is 28.1 Å². The zero-order chi connectivity index (χ0) is 12.1. The van der Waals surface area contributed by atoms with Gasteiger partial charge in [0.15, 0.2) is 0 Å². The molecule has 0 radical (unpaired) electrons. The highest BCUT2D eigenvalue weighted by molar-refractivity contribution is 7.99. The van der Waals surface area contributed by atoms with Crippen LogP contribution in [-0.2, 0) is 10.8 Å². The molecule has 0 spiro atoms. The molecular formula is C10H11FO3S2. The van der Waals surface area contributed by atoms with Gasteiger partial charge in [-0.25, -0.2) is 9.18 Å². The van der Waals surface area contributed by atoms with Crippen LogP contribution >= 0.6 is 11.8 Å². The third-order valence-corrected chi connectivity index (χ3v) is 4.13. The van der Waals surface area contributed by atoms with Crippen LogP contribution in [0.4, 0.5) is 4.39 Å². The van der Waals surface area contributed by atoms with Crippen molar-refractivity contribution in [3.8, 4) is 0 Å². The molecule has 0 aliphatic heterocycles. The summed E-state index contributed by atoms with van der Waals surface area (Å²) in [4.78, 5) is 11.0. The van der Waals surface area contributed by atoms with Gasteiger partial charge in [0.1, 0.15) is 5.82 Å². The van der Waals surface area contributed by atoms with E-state index in [1.807, 2.05) is 6.26 Å². The molecule has 0 aromatic heterocycles. The third-order valence-electron chi connectivity index (χ3n) is 1.90. The van der Waals surface area contributed by atoms with E-state index in [4.69, 9.17) is 5.11 Å². The quantitative estimate of drug-likeness (QED) is 0.881. The highest BCUT2D eigenvalue weighted by Gasteiger charge is 2.13. The Bertz CT molecular complexity index is 421. The van der Waals surface area contributed by atoms with Crippen molar-refractivity contribution in [3.63, 3.8) is 0 Å². The highest BCUT2D eigenvalue weighted by atomic mass is 32.2. The van der Waals surface area contributed by atoms with Crippen molar-refractivity contribution in [1.82, 2.24) is 0 Å². The lowest BCUT2D eigenvalue weighted by Gasteiger charge is -2.03. The first-order valence-electron chi connectivity index (χ1n) is 4.46. The SMILES string of the molecule is CSCCS(=O)c1ccc(F)c(C(=O)O)c1. The van der Waals surface area contributed by atoms with Gasteiger partial charge in [-0.3, -0.25) is 4.21 Å². The molecule has 0 bridgehead atoms. The van der Waals surface area contributed by atoms with Crippen LogP contribution in [0.1, 0.15) is 10.4 Å². The molecule has 0 saturated heterocycles. The number of hydrogen-bond acceptors (Lipinski definition) is 3. The van der Waals surface area contributed by atoms with Crippen LogP contribution in [0.25, 0.3) is 0 Å². The molecule has 1 aromatic rings. The number of carboxylic acid groups (broad SMARTS) is 1. The van der Waals surface area contributed by atoms with E-state index in [1.54, 1.807) is 11.8 Å². The summed E-state index contributed by atoms with van der Waals surface area (Å²) < 4.78 is 24.7. The first kappa shape index (κ1) is 13.2. The molecule has 0 heterocycles. The number of carbonyl (C=O) groups is 1. The number of thioether (sulfide) groups is 1. The first-order chi connectivity index (χ1) is 7.56. The summed E-state index contributed by atoms with van der Waals surface area (Å²) in [5.74, 6) is -1.00. The Labute approximate surface area is 99.5 Å². The Hall–Kier alpha value is -0.880. The van der Waals surface area contributed by atoms with Gasteiger partial charge in [-0.15, -0.1) is 0 Å². The molecule has 16 heavy (non-hydrogen) atoms. The van der Waals surface area contributed by atoms with Crippen molar-refractivity contribution in [3.05, 3.63) is 29.6 Å². The molecule has 1 atom stereocenters. The number of hydrogen-bond donors (Lipinski definition) is 1. The molecule has 0 fully saturated rings. The lowest BCUT2D eigenvalue weighted by molar-refractivity contribution is 0.0691. The Morgan fingerprint density at radius 1 is 1.56 bits per heavy atom. The summed E-state index contributed by atoms with van der Waals surface area (Å²) >= 11 is 1.55. The fourth-order valence-corrected chi connectivity index (χ4v) is 3.06. The summed E-state index contributed by atoms with van der Waals surface area (Å²) in [5, 5.41) is 8.70. The maximum Gasteiger partial charge on any atom is 0.338 e. The molecule has 0 amide bonds. The van der Waals surface area contributed by atoms with E-state index >= 15 is 0 Å². The summed E-state index contributed by atoms with van der Waals surface area (Å²) in [6.07, 6.45) is 1.89. The van der Waals surface area contributed by atoms with Crippen molar-refractivity contribution in [2.45, 2.75) is 4.90 Å². The second-order valence-corrected chi connectivity index (χ2v) is 5.55. The maximum atomic E-state index is 13.1. The topological polar surface area (TPSA) is 54.4 Å². The highest BCUT2D eigenvalue weighted by Crippen LogP contribution is 2.14. The Morgan fingerprint density at radius 3 is 2.81 bits per heavy atom. The predicted octanol–water partition coefficient (Wildman–Crippen LogP) is 1.99. The van der Waals surface area contributed by atoms with E-state index in [0.29, 0.717) is 16.4 Å². The maximum absolute atomic E-state index is 13.1. The van der Waals surface area contributed by atoms with Crippen molar-refractivity contribution < 1.29 is 18.5 Å². The number of carboxylic acids is 1. The number of rotatable bonds is 5. The van der Waals surface area contributed by atoms with Gasteiger partial charge in [0.05, 0.1) is 16.4 Å². The van der Waals surface area contributed by atoms with E-state index in [0.717, 1.165) is 12.1 Å². The fourth-order valence-electron chi connectivity index (χ4n) is 1.09. The van der Waals surface area contributed by atoms with E-state index in [-0.39, 0.29) is 0 Å². The standard InChI is InChI=1S/C10H11FO3S2/c1-15-4-5-16(14)7-2-3-9(11)8(6-7)10(12)13/h2-3,6H,4-5H2,1H3,(H,12,13). The molecule has 1 N–H and O–H groups in total. The Kier molecular flexibility index (Phi) is 4.95. The molecule has 0 saturated carbocycles. The van der Waals surface area contributed by atoms with Crippen LogP contribution in [0.15, 0.2) is 23.1 Å². The minimum Gasteiger partial charge on any atom is -0.478 e. The normalized spacial score (nSPS) is 12.4. The van der Waals surface area contributed by atoms with E-state index in [1.165, 1.54) is 6.07 Å². The minimum absolute atomic E-state index is 0.354. The molecule has 1 unspecified atom stereocenters. The molecule has 0 aliphatic rings. The van der Waals surface area contributed by atoms with Gasteiger partial charge in [0, 0.05) is 16.4 Å². The molecule has 0 aliphatic carbocycles. The lowest BCUT2D eigenvalue weighted by atomic mass is 10.2. The van der Waals surface area contributed by atoms with Gasteiger partial charge in [-0.2, -0.15) is 11.8 Å². The lowest BCUT2D eigenvalue weighted by Crippen LogP contribution is -2.05. The predicted molar refractivity (Wildman–Crippen MR) is 63.0 cm³/mol. The number of halogens is 1. The summed E-state index contributed by atoms with van der Waals surface area (Å²) in [7, 11) is -1.27. The molecular weight excluding hydrogens is 251 g/mol. The fraction of sp³-hybridized carbons (Fsp3) is 0.300. The molecule has 3 nitrogen and oxygen atoms in total. The smallest absolute Gasteiger partial charge is 0.338 e. The van der Waals surface area contributed by atoms with Crippen LogP contribution < -0.4 is 0 Å². The summed E-state index contributed by atoms with van der Waals surface area (Å²) in [6, 6.07) is 3.53. The largest absolute Gasteiger partial charge is 0.478 e. The number of benzene rings is 1. The second-order valence-electron chi connectivity index (χ2n) is 2.99. The van der Waals surface area contributed by atoms with Gasteiger partial charge in [0.25, 0.3) is 0 Å². The summed E-state index contributed by atoms with van der Waals surface area (Å²) in [5.41, 5.74) is -0.435. The summed E-state index contributed by atoms with van der Waals surface area (Å²) in [6.45, 7) is 0. The average molecular weight is 262 g/mol. The Balaban J connectivity index is 2.94. The van der Waals surface area contributed by atoms with Gasteiger partial charge in [-0.1, -0.05) is 0 Å². The molecule has 1 rings (SSSR count). The van der Waals surface area contributed by atoms with Crippen molar-refractivity contribution >= 4 is 28.5 Å². The third kappa shape index (κ3) is 3.31. The monoisotopic (exact) mass is 262 g/mol. The zero-order valence-electron chi connectivity index (χ0n) is 8.60. The van der Waals surface area contributed by atoms with Gasteiger partial charge >= 0.3 is 5.97 Å². The Morgan fingerprint density at radius 2 is 2.25 bits per heavy atom. The number of aromatic carboxylic acids is 1. The van der Waals surface area contributed by atoms with Crippen molar-refractivity contribution in [2.75, 3.05) is 17.8 Å². The van der Waals surface area contributed by atoms with Crippen molar-refractivity contribution in [2.24, 2.45) is 0 Å². The van der Waals surface area contributed by atoms with Crippen LogP contribution in [0.2, 0.25) is 0 Å². The minimum atomic E-state index is -1.35. The van der Waals surface area contributed by atoms with E-state index in [2.05, 4.69) is 0 Å². The zero-order valence-corrected chi connectivity index (χ0v) is 10.2. The second kappa shape index (κ2) is 6.00. The molecule has 6 heteroatoms. The van der Waals surface area contributed by atoms with E-state index in [9.17, 15) is 13.4 Å². The van der Waals surface area contributed by atoms with Gasteiger partial charge in [-0.05, 0) is 24.5 Å². The van der Waals surface area contributed by atoms with Crippen LogP contribution in [-0.4, -0.2) is 33.0 Å². The van der Waals surface area contributed by atoms with Crippen LogP contribution in [0.5, 0.6) is 0 Å². The van der Waals surface area contributed by atoms with Gasteiger partial charge < -0.3 is 5.11 Å². The molecule has 1 aromatic carbocycles. The van der Waals surface area contributed by atoms with Gasteiger partial charge in [0.2, 0.25) is 0 Å². The van der Waals surface area contributed by atoms with Crippen molar-refractivity contribution in [1.29, 1.82) is 0 Å². The van der Waals surface area contributed by atoms with Crippen LogP contribution in [0.3, 0.4) is 0 Å². The average Bonchev–Trinajstić information content (AvgIpc) is 2.26.